The second-order valence-electron chi connectivity index (χ2n) is 1.47. The van der Waals surface area contributed by atoms with Gasteiger partial charge in [0.2, 0.25) is 0 Å². The second-order valence-corrected chi connectivity index (χ2v) is 6.38. The van der Waals surface area contributed by atoms with E-state index in [-0.39, 0.29) is 0 Å². The highest BCUT2D eigenvalue weighted by Crippen LogP contribution is 2.23. The number of carbonyl (C=O) groups excluding carboxylic acids is 1. The molecule has 0 aliphatic heterocycles. The fraction of sp³-hybridized carbons (Fsp3) is 0.667. The maximum atomic E-state index is 11.6. The molecule has 10 heavy (non-hydrogen) atoms. The molecule has 1 atom stereocenters. The molecule has 2 nitrogen and oxygen atoms in total. The molecule has 0 aliphatic rings. The van der Waals surface area contributed by atoms with Crippen LogP contribution in [0.1, 0.15) is 6.92 Å². The van der Waals surface area contributed by atoms with Gasteiger partial charge in [-0.25, -0.2) is 0 Å². The quantitative estimate of drug-likeness (QED) is 0.412. The van der Waals surface area contributed by atoms with Crippen LogP contribution in [-0.2, 0) is 9.22 Å². The van der Waals surface area contributed by atoms with Gasteiger partial charge in [-0.1, -0.05) is 21.8 Å². The first-order chi connectivity index (χ1) is 4.34. The molecule has 0 saturated carbocycles. The van der Waals surface area contributed by atoms with Gasteiger partial charge in [-0.2, -0.15) is 13.2 Å². The zero-order chi connectivity index (χ0) is 8.36. The van der Waals surface area contributed by atoms with Gasteiger partial charge in [-0.3, -0.25) is 4.79 Å². The summed E-state index contributed by atoms with van der Waals surface area (Å²) >= 11 is 1.13. The van der Waals surface area contributed by atoms with Gasteiger partial charge in [0.1, 0.15) is 0 Å². The van der Waals surface area contributed by atoms with Crippen molar-refractivity contribution in [3.05, 3.63) is 0 Å². The van der Waals surface area contributed by atoms with Crippen LogP contribution in [0.5, 0.6) is 0 Å². The molecule has 0 aromatic heterocycles. The first kappa shape index (κ1) is 10.2. The highest BCUT2D eigenvalue weighted by molar-refractivity contribution is 14.1. The van der Waals surface area contributed by atoms with Crippen molar-refractivity contribution in [2.75, 3.05) is 0 Å². The van der Waals surface area contributed by atoms with Crippen molar-refractivity contribution in [1.29, 1.82) is 0 Å². The van der Waals surface area contributed by atoms with Crippen molar-refractivity contribution in [2.24, 2.45) is 0 Å². The second kappa shape index (κ2) is 3.56. The normalized spacial score (nSPS) is 14.5. The highest BCUT2D eigenvalue weighted by Gasteiger charge is 2.43. The van der Waals surface area contributed by atoms with Crippen LogP contribution in [0.15, 0.2) is 0 Å². The highest BCUT2D eigenvalue weighted by atomic mass is 127. The molecule has 0 aromatic carbocycles. The minimum atomic E-state index is -4.33. The maximum Gasteiger partial charge on any atom is 0.420 e. The van der Waals surface area contributed by atoms with Gasteiger partial charge >= 0.3 is 12.3 Å². The van der Waals surface area contributed by atoms with Crippen molar-refractivity contribution in [3.63, 3.8) is 0 Å². The maximum absolute atomic E-state index is 11.6. The lowest BCUT2D eigenvalue weighted by Gasteiger charge is -2.10. The number of carbonyl (C=O) groups is 1. The zero-order valence-corrected chi connectivity index (χ0v) is 8.22. The molecule has 0 fully saturated rings. The number of halogens is 4. The van der Waals surface area contributed by atoms with Crippen LogP contribution in [0.2, 0.25) is 0 Å². The van der Waals surface area contributed by atoms with E-state index in [1.807, 2.05) is 0 Å². The summed E-state index contributed by atoms with van der Waals surface area (Å²) < 4.78 is 38.7. The Bertz CT molecular complexity index is 136. The Labute approximate surface area is 69.7 Å². The molecule has 0 aliphatic carbocycles. The van der Waals surface area contributed by atoms with E-state index < -0.39 is 18.3 Å². The summed E-state index contributed by atoms with van der Waals surface area (Å²) in [5.74, 6) is -5.20. The fourth-order valence-corrected chi connectivity index (χ4v) is 1.71. The summed E-state index contributed by atoms with van der Waals surface area (Å²) in [5.41, 5.74) is 0. The number of alkyl halides is 3. The monoisotopic (exact) mass is 284 g/mol. The van der Waals surface area contributed by atoms with Gasteiger partial charge in [0, 0.05) is 6.92 Å². The molecule has 60 valence electrons. The lowest BCUT2D eigenvalue weighted by Crippen LogP contribution is -2.32. The van der Waals surface area contributed by atoms with E-state index in [9.17, 15) is 18.0 Å². The van der Waals surface area contributed by atoms with Gasteiger partial charge in [0.05, 0.1) is 0 Å². The van der Waals surface area contributed by atoms with E-state index in [4.69, 9.17) is 0 Å². The van der Waals surface area contributed by atoms with E-state index >= 15 is 0 Å². The summed E-state index contributed by atoms with van der Waals surface area (Å²) in [7, 11) is 0. The van der Waals surface area contributed by atoms with Gasteiger partial charge in [0.15, 0.2) is 0 Å². The van der Waals surface area contributed by atoms with Gasteiger partial charge in [-0.05, 0) is 0 Å². The van der Waals surface area contributed by atoms with E-state index in [2.05, 4.69) is 4.43 Å². The summed E-state index contributed by atoms with van der Waals surface area (Å²) in [4.78, 5) is 10.0. The van der Waals surface area contributed by atoms with Crippen molar-refractivity contribution in [2.45, 2.75) is 12.7 Å². The Morgan fingerprint density at radius 3 is 2.10 bits per heavy atom. The molecular weight excluding hydrogens is 280 g/mol. The molecule has 0 saturated heterocycles. The van der Waals surface area contributed by atoms with Crippen molar-refractivity contribution >= 4 is 34.3 Å². The minimum Gasteiger partial charge on any atom is -0.503 e. The molecule has 7 heteroatoms. The largest absolute Gasteiger partial charge is 0.503 e. The molecule has 0 N–H and O–H groups in total. The topological polar surface area (TPSA) is 26.3 Å². The number of hydrogen-bond acceptors (Lipinski definition) is 2. The Morgan fingerprint density at radius 1 is 1.60 bits per heavy atom. The third-order valence-corrected chi connectivity index (χ3v) is 4.46. The third-order valence-electron chi connectivity index (χ3n) is 0.527. The Kier molecular flexibility index (Phi) is 3.63. The van der Waals surface area contributed by atoms with Gasteiger partial charge in [-0.15, -0.1) is 0 Å². The van der Waals surface area contributed by atoms with Crippen LogP contribution in [-0.4, -0.2) is 18.3 Å². The van der Waals surface area contributed by atoms with Crippen LogP contribution in [0, 0.1) is 0 Å². The summed E-state index contributed by atoms with van der Waals surface area (Å²) in [6.45, 7) is -2.37. The SMILES string of the molecule is CC(=O)O[SiH](I)C(F)(F)F. The van der Waals surface area contributed by atoms with Crippen LogP contribution >= 0.6 is 21.8 Å². The lowest BCUT2D eigenvalue weighted by molar-refractivity contribution is -0.135. The van der Waals surface area contributed by atoms with E-state index in [1.165, 1.54) is 0 Å². The fourth-order valence-electron chi connectivity index (χ4n) is 0.213. The Morgan fingerprint density at radius 2 is 2.00 bits per heavy atom. The van der Waals surface area contributed by atoms with Crippen LogP contribution < -0.4 is 0 Å². The Hall–Kier alpha value is 0.207. The van der Waals surface area contributed by atoms with Crippen molar-refractivity contribution in [1.82, 2.24) is 0 Å². The first-order valence-corrected chi connectivity index (χ1v) is 7.44. The molecular formula is C3H4F3IO2Si. The van der Waals surface area contributed by atoms with Crippen molar-refractivity contribution < 1.29 is 22.4 Å². The standard InChI is InChI=1S/C3H4F3IO2Si/c1-2(8)9-10(7)3(4,5)6/h10H,1H3. The minimum absolute atomic E-state index is 0.872. The first-order valence-electron chi connectivity index (χ1n) is 2.22. The van der Waals surface area contributed by atoms with Crippen LogP contribution in [0.4, 0.5) is 13.2 Å². The number of rotatable bonds is 1. The number of hydrogen-bond donors (Lipinski definition) is 0. The lowest BCUT2D eigenvalue weighted by atomic mass is 10.9. The molecule has 0 radical (unpaired) electrons. The van der Waals surface area contributed by atoms with E-state index in [0.717, 1.165) is 28.7 Å². The molecule has 1 unspecified atom stereocenters. The zero-order valence-electron chi connectivity index (χ0n) is 4.91. The predicted molar refractivity (Wildman–Crippen MR) is 39.0 cm³/mol. The van der Waals surface area contributed by atoms with Crippen molar-refractivity contribution in [3.8, 4) is 0 Å². The molecule has 0 aromatic rings. The average Bonchev–Trinajstić information content (AvgIpc) is 1.60. The molecule has 0 spiro atoms. The molecule has 0 amide bonds. The summed E-state index contributed by atoms with van der Waals surface area (Å²) in [6, 6.07) is 0. The van der Waals surface area contributed by atoms with E-state index in [1.54, 1.807) is 0 Å². The molecule has 0 bridgehead atoms. The van der Waals surface area contributed by atoms with E-state index in [0.29, 0.717) is 0 Å². The van der Waals surface area contributed by atoms with Gasteiger partial charge < -0.3 is 4.43 Å². The Balaban J connectivity index is 3.85. The predicted octanol–water partition coefficient (Wildman–Crippen LogP) is 1.31. The smallest absolute Gasteiger partial charge is 0.420 e. The molecule has 0 heterocycles. The van der Waals surface area contributed by atoms with Crippen LogP contribution in [0.3, 0.4) is 0 Å². The summed E-state index contributed by atoms with van der Waals surface area (Å²) in [5, 5.41) is 0. The average molecular weight is 284 g/mol. The van der Waals surface area contributed by atoms with Gasteiger partial charge in [0.25, 0.3) is 5.97 Å². The van der Waals surface area contributed by atoms with Crippen LogP contribution in [0.25, 0.3) is 0 Å². The molecule has 0 rings (SSSR count). The third kappa shape index (κ3) is 4.09. The summed E-state index contributed by atoms with van der Waals surface area (Å²) in [6.07, 6.45) is 0.